The molecule has 2 N–H and O–H groups in total. The number of piperidine rings is 1. The highest BCUT2D eigenvalue weighted by atomic mass is 32.2. The molecule has 10 heteroatoms. The monoisotopic (exact) mass is 604 g/mol. The largest absolute Gasteiger partial charge is 0.491 e. The van der Waals surface area contributed by atoms with E-state index in [-0.39, 0.29) is 21.9 Å². The van der Waals surface area contributed by atoms with E-state index in [9.17, 15) is 8.42 Å². The van der Waals surface area contributed by atoms with Crippen LogP contribution in [-0.4, -0.2) is 67.3 Å². The Morgan fingerprint density at radius 1 is 1.09 bits per heavy atom. The molecule has 3 aromatic rings. The van der Waals surface area contributed by atoms with Gasteiger partial charge in [0.15, 0.2) is 9.84 Å². The molecule has 1 aromatic carbocycles. The van der Waals surface area contributed by atoms with Crippen LogP contribution in [0.4, 0.5) is 11.6 Å². The summed E-state index contributed by atoms with van der Waals surface area (Å²) in [4.78, 5) is 18.8. The molecule has 3 aliphatic rings. The zero-order chi connectivity index (χ0) is 30.4. The second kappa shape index (κ2) is 11.7. The Balaban J connectivity index is 1.27. The lowest BCUT2D eigenvalue weighted by Crippen LogP contribution is -2.31. The van der Waals surface area contributed by atoms with Gasteiger partial charge < -0.3 is 20.3 Å². The average molecular weight is 605 g/mol. The predicted molar refractivity (Wildman–Crippen MR) is 170 cm³/mol. The second-order valence-corrected chi connectivity index (χ2v) is 15.5. The van der Waals surface area contributed by atoms with E-state index in [1.54, 1.807) is 12.3 Å². The molecule has 1 aliphatic carbocycles. The zero-order valence-corrected chi connectivity index (χ0v) is 26.7. The van der Waals surface area contributed by atoms with Crippen LogP contribution in [0.15, 0.2) is 35.4 Å². The van der Waals surface area contributed by atoms with Crippen molar-refractivity contribution in [2.75, 3.05) is 49.7 Å². The van der Waals surface area contributed by atoms with Crippen molar-refractivity contribution >= 4 is 21.5 Å². The van der Waals surface area contributed by atoms with Gasteiger partial charge in [-0.25, -0.2) is 23.4 Å². The van der Waals surface area contributed by atoms with Crippen molar-refractivity contribution < 1.29 is 13.2 Å². The molecule has 1 fully saturated rings. The van der Waals surface area contributed by atoms with Crippen LogP contribution in [0, 0.1) is 18.3 Å². The highest BCUT2D eigenvalue weighted by Gasteiger charge is 2.31. The van der Waals surface area contributed by atoms with E-state index in [1.165, 1.54) is 11.3 Å². The fraction of sp³-hybridized carbons (Fsp3) is 0.545. The number of rotatable bonds is 6. The number of aryl methyl sites for hydroxylation is 2. The van der Waals surface area contributed by atoms with E-state index in [1.807, 2.05) is 19.1 Å². The second-order valence-electron chi connectivity index (χ2n) is 13.4. The zero-order valence-electron chi connectivity index (χ0n) is 25.9. The van der Waals surface area contributed by atoms with Crippen LogP contribution in [0.3, 0.4) is 0 Å². The van der Waals surface area contributed by atoms with E-state index >= 15 is 0 Å². The minimum atomic E-state index is -3.57. The third-order valence-electron chi connectivity index (χ3n) is 9.40. The number of nitrogens with two attached hydrogens (primary N) is 1. The summed E-state index contributed by atoms with van der Waals surface area (Å²) in [5, 5.41) is 0. The first kappa shape index (κ1) is 29.8. The van der Waals surface area contributed by atoms with Crippen molar-refractivity contribution in [2.24, 2.45) is 11.3 Å². The predicted octanol–water partition coefficient (Wildman–Crippen LogP) is 4.85. The summed E-state index contributed by atoms with van der Waals surface area (Å²) < 4.78 is 33.1. The summed E-state index contributed by atoms with van der Waals surface area (Å²) in [6, 6.07) is 7.72. The molecule has 0 spiro atoms. The normalized spacial score (nSPS) is 19.3. The molecule has 0 bridgehead atoms. The number of hydrogen-bond acceptors (Lipinski definition) is 9. The van der Waals surface area contributed by atoms with Gasteiger partial charge in [-0.15, -0.1) is 0 Å². The molecule has 6 rings (SSSR count). The van der Waals surface area contributed by atoms with E-state index in [0.29, 0.717) is 25.5 Å². The van der Waals surface area contributed by atoms with Crippen molar-refractivity contribution in [1.82, 2.24) is 19.9 Å². The maximum atomic E-state index is 13.4. The number of benzene rings is 1. The summed E-state index contributed by atoms with van der Waals surface area (Å²) in [7, 11) is -1.46. The molecule has 0 saturated carbocycles. The summed E-state index contributed by atoms with van der Waals surface area (Å²) in [5.41, 5.74) is 11.4. The molecule has 2 aromatic heterocycles. The number of hydrogen-bond donors (Lipinski definition) is 1. The molecule has 9 nitrogen and oxygen atoms in total. The Kier molecular flexibility index (Phi) is 8.10. The molecule has 0 atom stereocenters. The van der Waals surface area contributed by atoms with E-state index in [0.717, 1.165) is 85.8 Å². The van der Waals surface area contributed by atoms with Gasteiger partial charge in [-0.1, -0.05) is 19.9 Å². The van der Waals surface area contributed by atoms with Gasteiger partial charge in [0.2, 0.25) is 0 Å². The number of fused-ring (bicyclic) bond motifs is 2. The van der Waals surface area contributed by atoms with Crippen molar-refractivity contribution in [3.8, 4) is 16.9 Å². The topological polar surface area (TPSA) is 115 Å². The molecular weight excluding hydrogens is 560 g/mol. The summed E-state index contributed by atoms with van der Waals surface area (Å²) >= 11 is 0. The Bertz CT molecular complexity index is 1620. The lowest BCUT2D eigenvalue weighted by atomic mass is 9.76. The van der Waals surface area contributed by atoms with Crippen molar-refractivity contribution in [3.05, 3.63) is 53.1 Å². The highest BCUT2D eigenvalue weighted by Crippen LogP contribution is 2.39. The SMILES string of the molecule is Cc1nc2c(c(N3CCOc4ccc(-c5cnc(N)c(S(=O)(=O)CCC6CCN(C)CC6)c5)cc4C3)n1)CC(C)(C)CC2. The van der Waals surface area contributed by atoms with Crippen LogP contribution in [0.5, 0.6) is 5.75 Å². The number of aromatic nitrogens is 3. The third-order valence-corrected chi connectivity index (χ3v) is 11.2. The van der Waals surface area contributed by atoms with Gasteiger partial charge in [0.25, 0.3) is 0 Å². The first-order valence-electron chi connectivity index (χ1n) is 15.5. The number of ether oxygens (including phenoxy) is 1. The minimum absolute atomic E-state index is 0.0585. The first-order chi connectivity index (χ1) is 20.5. The fourth-order valence-corrected chi connectivity index (χ4v) is 8.25. The minimum Gasteiger partial charge on any atom is -0.491 e. The molecule has 1 saturated heterocycles. The van der Waals surface area contributed by atoms with Crippen LogP contribution < -0.4 is 15.4 Å². The smallest absolute Gasteiger partial charge is 0.182 e. The van der Waals surface area contributed by atoms with Gasteiger partial charge in [-0.05, 0) is 101 Å². The standard InChI is InChI=1S/C33H44N6O3S/c1-22-36-28-7-11-33(2,3)19-27(28)32(37-22)39-14-15-42-29-6-5-24(17-26(29)21-39)25-18-30(31(34)35-20-25)43(40,41)16-10-23-8-12-38(4)13-9-23/h5-6,17-18,20,23H,7-16,19,21H2,1-4H3,(H2,34,35). The van der Waals surface area contributed by atoms with Gasteiger partial charge in [-0.3, -0.25) is 0 Å². The third kappa shape index (κ3) is 6.50. The molecule has 0 unspecified atom stereocenters. The van der Waals surface area contributed by atoms with Crippen LogP contribution in [0.2, 0.25) is 0 Å². The number of sulfone groups is 1. The van der Waals surface area contributed by atoms with Gasteiger partial charge in [0.1, 0.15) is 34.7 Å². The van der Waals surface area contributed by atoms with Crippen molar-refractivity contribution in [1.29, 1.82) is 0 Å². The Hall–Kier alpha value is -3.24. The Labute approximate surface area is 255 Å². The fourth-order valence-electron chi connectivity index (χ4n) is 6.71. The summed E-state index contributed by atoms with van der Waals surface area (Å²) in [6.45, 7) is 10.5. The molecule has 0 amide bonds. The molecule has 4 heterocycles. The first-order valence-corrected chi connectivity index (χ1v) is 17.2. The molecule has 43 heavy (non-hydrogen) atoms. The van der Waals surface area contributed by atoms with Crippen LogP contribution in [-0.2, 0) is 29.2 Å². The van der Waals surface area contributed by atoms with Crippen molar-refractivity contribution in [3.63, 3.8) is 0 Å². The number of nitrogen functional groups attached to an aromatic ring is 1. The maximum Gasteiger partial charge on any atom is 0.182 e. The summed E-state index contributed by atoms with van der Waals surface area (Å²) in [6.07, 6.45) is 7.42. The van der Waals surface area contributed by atoms with E-state index in [2.05, 4.69) is 41.7 Å². The molecule has 230 valence electrons. The number of pyridine rings is 1. The van der Waals surface area contributed by atoms with Crippen LogP contribution in [0.25, 0.3) is 11.1 Å². The molecular formula is C33H44N6O3S. The van der Waals surface area contributed by atoms with E-state index in [4.69, 9.17) is 20.4 Å². The lowest BCUT2D eigenvalue weighted by molar-refractivity contribution is 0.216. The van der Waals surface area contributed by atoms with Crippen LogP contribution >= 0.6 is 0 Å². The number of anilines is 2. The van der Waals surface area contributed by atoms with Gasteiger partial charge >= 0.3 is 0 Å². The van der Waals surface area contributed by atoms with Crippen molar-refractivity contribution in [2.45, 2.75) is 70.7 Å². The molecule has 0 radical (unpaired) electrons. The highest BCUT2D eigenvalue weighted by molar-refractivity contribution is 7.91. The number of likely N-dealkylation sites (tertiary alicyclic amines) is 1. The Morgan fingerprint density at radius 3 is 2.67 bits per heavy atom. The van der Waals surface area contributed by atoms with Gasteiger partial charge in [0.05, 0.1) is 12.3 Å². The lowest BCUT2D eigenvalue weighted by Gasteiger charge is -2.34. The van der Waals surface area contributed by atoms with Crippen LogP contribution in [0.1, 0.15) is 62.2 Å². The van der Waals surface area contributed by atoms with E-state index < -0.39 is 9.84 Å². The Morgan fingerprint density at radius 2 is 1.88 bits per heavy atom. The number of nitrogens with zero attached hydrogens (tertiary/aromatic N) is 5. The van der Waals surface area contributed by atoms with Gasteiger partial charge in [-0.2, -0.15) is 0 Å². The average Bonchev–Trinajstić information content (AvgIpc) is 3.19. The van der Waals surface area contributed by atoms with Gasteiger partial charge in [0, 0.05) is 35.1 Å². The summed E-state index contributed by atoms with van der Waals surface area (Å²) in [5.74, 6) is 3.20. The quantitative estimate of drug-likeness (QED) is 0.422. The maximum absolute atomic E-state index is 13.4. The molecule has 2 aliphatic heterocycles.